The van der Waals surface area contributed by atoms with Crippen LogP contribution in [0, 0.1) is 17.0 Å². The Bertz CT molecular complexity index is 807. The van der Waals surface area contributed by atoms with E-state index in [0.717, 1.165) is 5.56 Å². The molecule has 6 nitrogen and oxygen atoms in total. The van der Waals surface area contributed by atoms with Crippen LogP contribution in [0.2, 0.25) is 0 Å². The molecule has 1 amide bonds. The number of carbonyl (C=O) groups is 1. The van der Waals surface area contributed by atoms with E-state index in [1.807, 2.05) is 20.8 Å². The van der Waals surface area contributed by atoms with Gasteiger partial charge < -0.3 is 10.4 Å². The van der Waals surface area contributed by atoms with Crippen LogP contribution in [0.15, 0.2) is 36.4 Å². The molecule has 6 heteroatoms. The van der Waals surface area contributed by atoms with Crippen molar-refractivity contribution in [2.75, 3.05) is 5.32 Å². The zero-order valence-electron chi connectivity index (χ0n) is 14.1. The van der Waals surface area contributed by atoms with Crippen molar-refractivity contribution in [2.24, 2.45) is 0 Å². The first-order valence-corrected chi connectivity index (χ1v) is 7.49. The number of aromatic hydroxyl groups is 1. The third-order valence-corrected chi connectivity index (χ3v) is 3.79. The highest BCUT2D eigenvalue weighted by Gasteiger charge is 2.19. The molecule has 0 saturated carbocycles. The van der Waals surface area contributed by atoms with Gasteiger partial charge in [0.05, 0.1) is 16.2 Å². The monoisotopic (exact) mass is 328 g/mol. The van der Waals surface area contributed by atoms with Gasteiger partial charge in [-0.3, -0.25) is 14.9 Å². The Morgan fingerprint density at radius 1 is 1.17 bits per heavy atom. The van der Waals surface area contributed by atoms with Crippen LogP contribution < -0.4 is 5.32 Å². The molecule has 2 aromatic carbocycles. The van der Waals surface area contributed by atoms with Crippen molar-refractivity contribution in [3.8, 4) is 5.75 Å². The first-order valence-electron chi connectivity index (χ1n) is 7.49. The van der Waals surface area contributed by atoms with Crippen LogP contribution in [0.4, 0.5) is 11.4 Å². The van der Waals surface area contributed by atoms with Crippen molar-refractivity contribution in [3.05, 3.63) is 63.2 Å². The summed E-state index contributed by atoms with van der Waals surface area (Å²) in [4.78, 5) is 22.9. The fourth-order valence-corrected chi connectivity index (χ4v) is 2.23. The molecule has 0 radical (unpaired) electrons. The van der Waals surface area contributed by atoms with Gasteiger partial charge in [0.2, 0.25) is 0 Å². The summed E-state index contributed by atoms with van der Waals surface area (Å²) >= 11 is 0. The number of nitro groups is 1. The quantitative estimate of drug-likeness (QED) is 0.653. The molecule has 0 saturated heterocycles. The van der Waals surface area contributed by atoms with Crippen LogP contribution >= 0.6 is 0 Å². The molecule has 0 spiro atoms. The van der Waals surface area contributed by atoms with Crippen molar-refractivity contribution in [1.82, 2.24) is 0 Å². The molecule has 126 valence electrons. The van der Waals surface area contributed by atoms with Gasteiger partial charge in [-0.15, -0.1) is 0 Å². The van der Waals surface area contributed by atoms with E-state index in [0.29, 0.717) is 11.3 Å². The molecular weight excluding hydrogens is 308 g/mol. The minimum Gasteiger partial charge on any atom is -0.507 e. The Kier molecular flexibility index (Phi) is 4.59. The molecule has 0 aliphatic carbocycles. The van der Waals surface area contributed by atoms with E-state index in [-0.39, 0.29) is 22.4 Å². The lowest BCUT2D eigenvalue weighted by Crippen LogP contribution is -2.16. The minimum atomic E-state index is -0.521. The lowest BCUT2D eigenvalue weighted by molar-refractivity contribution is -0.384. The molecule has 0 aliphatic heterocycles. The minimum absolute atomic E-state index is 0.108. The number of rotatable bonds is 3. The standard InChI is InChI=1S/C18H20N2O4/c1-11-5-7-13(20(23)24)10-15(11)19-17(22)14-9-12(18(2,3)4)6-8-16(14)21/h5-10,21H,1-4H3,(H,19,22). The van der Waals surface area contributed by atoms with Gasteiger partial charge in [-0.05, 0) is 35.6 Å². The summed E-state index contributed by atoms with van der Waals surface area (Å²) in [5.41, 5.74) is 1.79. The Hall–Kier alpha value is -2.89. The summed E-state index contributed by atoms with van der Waals surface area (Å²) in [5, 5.41) is 23.5. The van der Waals surface area contributed by atoms with Crippen LogP contribution in [-0.2, 0) is 5.41 Å². The lowest BCUT2D eigenvalue weighted by atomic mass is 9.86. The third kappa shape index (κ3) is 3.71. The Labute approximate surface area is 140 Å². The molecule has 2 N–H and O–H groups in total. The van der Waals surface area contributed by atoms with Crippen LogP contribution in [0.1, 0.15) is 42.3 Å². The number of hydrogen-bond donors (Lipinski definition) is 2. The summed E-state index contributed by atoms with van der Waals surface area (Å²) in [6.07, 6.45) is 0. The number of carbonyl (C=O) groups excluding carboxylic acids is 1. The number of amides is 1. The first kappa shape index (κ1) is 17.5. The van der Waals surface area contributed by atoms with Crippen molar-refractivity contribution < 1.29 is 14.8 Å². The zero-order valence-corrected chi connectivity index (χ0v) is 14.1. The van der Waals surface area contributed by atoms with Crippen LogP contribution in [0.5, 0.6) is 5.75 Å². The number of non-ortho nitro benzene ring substituents is 1. The number of hydrogen-bond acceptors (Lipinski definition) is 4. The average molecular weight is 328 g/mol. The number of nitro benzene ring substituents is 1. The van der Waals surface area contributed by atoms with E-state index in [2.05, 4.69) is 5.32 Å². The summed E-state index contributed by atoms with van der Waals surface area (Å²) in [7, 11) is 0. The fourth-order valence-electron chi connectivity index (χ4n) is 2.23. The Morgan fingerprint density at radius 2 is 1.83 bits per heavy atom. The number of phenols is 1. The van der Waals surface area contributed by atoms with Crippen molar-refractivity contribution in [1.29, 1.82) is 0 Å². The van der Waals surface area contributed by atoms with Gasteiger partial charge in [0.1, 0.15) is 5.75 Å². The number of phenolic OH excluding ortho intramolecular Hbond substituents is 1. The highest BCUT2D eigenvalue weighted by atomic mass is 16.6. The predicted molar refractivity (Wildman–Crippen MR) is 92.6 cm³/mol. The van der Waals surface area contributed by atoms with Gasteiger partial charge in [0, 0.05) is 12.1 Å². The molecule has 0 fully saturated rings. The second-order valence-corrected chi connectivity index (χ2v) is 6.69. The van der Waals surface area contributed by atoms with Crippen LogP contribution in [0.25, 0.3) is 0 Å². The zero-order chi connectivity index (χ0) is 18.1. The van der Waals surface area contributed by atoms with Crippen molar-refractivity contribution in [3.63, 3.8) is 0 Å². The number of nitrogens with one attached hydrogen (secondary N) is 1. The lowest BCUT2D eigenvalue weighted by Gasteiger charge is -2.20. The predicted octanol–water partition coefficient (Wildman–Crippen LogP) is 4.16. The van der Waals surface area contributed by atoms with Crippen molar-refractivity contribution in [2.45, 2.75) is 33.1 Å². The summed E-state index contributed by atoms with van der Waals surface area (Å²) in [6, 6.07) is 9.14. The topological polar surface area (TPSA) is 92.5 Å². The van der Waals surface area contributed by atoms with Gasteiger partial charge in [0.25, 0.3) is 11.6 Å². The molecule has 0 heterocycles. The maximum absolute atomic E-state index is 12.5. The molecule has 0 aliphatic rings. The second-order valence-electron chi connectivity index (χ2n) is 6.69. The largest absolute Gasteiger partial charge is 0.507 e. The number of nitrogens with zero attached hydrogens (tertiary/aromatic N) is 1. The maximum atomic E-state index is 12.5. The highest BCUT2D eigenvalue weighted by Crippen LogP contribution is 2.29. The molecule has 0 bridgehead atoms. The Morgan fingerprint density at radius 3 is 2.42 bits per heavy atom. The number of aryl methyl sites for hydroxylation is 1. The van der Waals surface area contributed by atoms with E-state index in [9.17, 15) is 20.0 Å². The molecule has 2 rings (SSSR count). The number of anilines is 1. The summed E-state index contributed by atoms with van der Waals surface area (Å²) in [5.74, 6) is -0.647. The van der Waals surface area contributed by atoms with E-state index >= 15 is 0 Å². The molecular formula is C18H20N2O4. The van der Waals surface area contributed by atoms with E-state index in [1.165, 1.54) is 18.2 Å². The van der Waals surface area contributed by atoms with Crippen molar-refractivity contribution >= 4 is 17.3 Å². The summed E-state index contributed by atoms with van der Waals surface area (Å²) < 4.78 is 0. The normalized spacial score (nSPS) is 11.2. The van der Waals surface area contributed by atoms with E-state index in [4.69, 9.17) is 0 Å². The van der Waals surface area contributed by atoms with Crippen LogP contribution in [-0.4, -0.2) is 15.9 Å². The van der Waals surface area contributed by atoms with Crippen LogP contribution in [0.3, 0.4) is 0 Å². The molecule has 0 atom stereocenters. The summed E-state index contributed by atoms with van der Waals surface area (Å²) in [6.45, 7) is 7.76. The SMILES string of the molecule is Cc1ccc([N+](=O)[O-])cc1NC(=O)c1cc(C(C)(C)C)ccc1O. The highest BCUT2D eigenvalue weighted by molar-refractivity contribution is 6.06. The van der Waals surface area contributed by atoms with Gasteiger partial charge in [-0.25, -0.2) is 0 Å². The molecule has 0 unspecified atom stereocenters. The molecule has 0 aromatic heterocycles. The van der Waals surface area contributed by atoms with Gasteiger partial charge >= 0.3 is 0 Å². The molecule has 2 aromatic rings. The van der Waals surface area contributed by atoms with Gasteiger partial charge in [0.15, 0.2) is 0 Å². The van der Waals surface area contributed by atoms with Gasteiger partial charge in [-0.1, -0.05) is 32.9 Å². The van der Waals surface area contributed by atoms with E-state index in [1.54, 1.807) is 25.1 Å². The second kappa shape index (κ2) is 6.31. The number of benzene rings is 2. The average Bonchev–Trinajstić information content (AvgIpc) is 2.48. The first-order chi connectivity index (χ1) is 11.1. The Balaban J connectivity index is 2.37. The fraction of sp³-hybridized carbons (Fsp3) is 0.278. The smallest absolute Gasteiger partial charge is 0.271 e. The molecule has 24 heavy (non-hydrogen) atoms. The maximum Gasteiger partial charge on any atom is 0.271 e. The third-order valence-electron chi connectivity index (χ3n) is 3.79. The van der Waals surface area contributed by atoms with Gasteiger partial charge in [-0.2, -0.15) is 0 Å². The van der Waals surface area contributed by atoms with E-state index < -0.39 is 10.8 Å².